The molecule has 2 aromatic rings. The minimum atomic E-state index is 0.260. The van der Waals surface area contributed by atoms with Gasteiger partial charge in [-0.1, -0.05) is 12.1 Å². The number of nitrogen functional groups attached to an aromatic ring is 1. The highest BCUT2D eigenvalue weighted by molar-refractivity contribution is 5.54. The molecule has 0 radical (unpaired) electrons. The number of methoxy groups -OCH3 is 1. The summed E-state index contributed by atoms with van der Waals surface area (Å²) in [5, 5.41) is 0. The number of ether oxygens (including phenoxy) is 2. The fourth-order valence-corrected chi connectivity index (χ4v) is 1.81. The second-order valence-electron chi connectivity index (χ2n) is 4.35. The van der Waals surface area contributed by atoms with E-state index in [4.69, 9.17) is 15.2 Å². The Labute approximate surface area is 112 Å². The summed E-state index contributed by atoms with van der Waals surface area (Å²) in [6.07, 6.45) is 1.35. The molecular weight excluding hydrogens is 242 g/mol. The lowest BCUT2D eigenvalue weighted by atomic mass is 10.1. The van der Waals surface area contributed by atoms with Gasteiger partial charge in [0.1, 0.15) is 12.1 Å². The number of nitrogens with two attached hydrogens (primary N) is 1. The average Bonchev–Trinajstić information content (AvgIpc) is 2.39. The van der Waals surface area contributed by atoms with Crippen LogP contribution in [0.15, 0.2) is 18.5 Å². The molecule has 0 atom stereocenters. The molecule has 0 aliphatic heterocycles. The molecule has 0 saturated heterocycles. The molecule has 5 nitrogen and oxygen atoms in total. The van der Waals surface area contributed by atoms with E-state index in [1.54, 1.807) is 0 Å². The van der Waals surface area contributed by atoms with Crippen molar-refractivity contribution < 1.29 is 9.47 Å². The molecule has 0 amide bonds. The predicted molar refractivity (Wildman–Crippen MR) is 73.7 cm³/mol. The molecule has 19 heavy (non-hydrogen) atoms. The monoisotopic (exact) mass is 259 g/mol. The van der Waals surface area contributed by atoms with E-state index in [1.165, 1.54) is 13.4 Å². The molecular formula is C14H17N3O2. The summed E-state index contributed by atoms with van der Waals surface area (Å²) in [7, 11) is 1.51. The Morgan fingerprint density at radius 2 is 1.68 bits per heavy atom. The van der Waals surface area contributed by atoms with E-state index in [2.05, 4.69) is 16.0 Å². The van der Waals surface area contributed by atoms with E-state index < -0.39 is 0 Å². The summed E-state index contributed by atoms with van der Waals surface area (Å²) in [6, 6.07) is 4.07. The average molecular weight is 259 g/mol. The fourth-order valence-electron chi connectivity index (χ4n) is 1.81. The molecule has 0 saturated carbocycles. The highest BCUT2D eigenvalue weighted by Crippen LogP contribution is 2.36. The van der Waals surface area contributed by atoms with E-state index in [0.717, 1.165) is 22.4 Å². The number of aryl methyl sites for hydroxylation is 2. The number of anilines is 1. The first kappa shape index (κ1) is 13.1. The normalized spacial score (nSPS) is 10.3. The Balaban J connectivity index is 2.48. The molecule has 1 heterocycles. The van der Waals surface area contributed by atoms with Gasteiger partial charge in [-0.15, -0.1) is 0 Å². The third-order valence-corrected chi connectivity index (χ3v) is 3.08. The van der Waals surface area contributed by atoms with Crippen LogP contribution in [0.4, 0.5) is 5.82 Å². The first-order chi connectivity index (χ1) is 9.04. The highest BCUT2D eigenvalue weighted by Gasteiger charge is 2.15. The molecule has 2 N–H and O–H groups in total. The van der Waals surface area contributed by atoms with E-state index in [-0.39, 0.29) is 5.82 Å². The van der Waals surface area contributed by atoms with Crippen LogP contribution in [0.1, 0.15) is 16.7 Å². The summed E-state index contributed by atoms with van der Waals surface area (Å²) >= 11 is 0. The maximum atomic E-state index is 5.87. The van der Waals surface area contributed by atoms with Gasteiger partial charge in [-0.25, -0.2) is 4.98 Å². The van der Waals surface area contributed by atoms with Crippen molar-refractivity contribution in [1.82, 2.24) is 9.97 Å². The molecule has 0 fully saturated rings. The maximum Gasteiger partial charge on any atom is 0.268 e. The summed E-state index contributed by atoms with van der Waals surface area (Å²) in [6.45, 7) is 6.03. The van der Waals surface area contributed by atoms with Gasteiger partial charge in [0.05, 0.1) is 7.11 Å². The van der Waals surface area contributed by atoms with Gasteiger partial charge in [-0.3, -0.25) is 0 Å². The quantitative estimate of drug-likeness (QED) is 0.917. The predicted octanol–water partition coefficient (Wildman–Crippen LogP) is 2.78. The zero-order chi connectivity index (χ0) is 14.0. The molecule has 0 aliphatic carbocycles. The molecule has 0 bridgehead atoms. The second kappa shape index (κ2) is 5.14. The smallest absolute Gasteiger partial charge is 0.268 e. The molecule has 1 aromatic carbocycles. The van der Waals surface area contributed by atoms with Crippen LogP contribution in [0, 0.1) is 20.8 Å². The third-order valence-electron chi connectivity index (χ3n) is 3.08. The molecule has 1 aromatic heterocycles. The standard InChI is InChI=1S/C14H17N3O2/c1-8-5-6-9(2)11(10(8)3)19-14-12(18-4)13(15)16-7-17-14/h5-7H,1-4H3,(H2,15,16,17). The topological polar surface area (TPSA) is 70.3 Å². The van der Waals surface area contributed by atoms with Crippen LogP contribution >= 0.6 is 0 Å². The van der Waals surface area contributed by atoms with Gasteiger partial charge in [0.25, 0.3) is 5.88 Å². The Bertz CT molecular complexity index is 612. The highest BCUT2D eigenvalue weighted by atomic mass is 16.5. The largest absolute Gasteiger partial charge is 0.489 e. The Hall–Kier alpha value is -2.30. The van der Waals surface area contributed by atoms with Crippen LogP contribution < -0.4 is 15.2 Å². The van der Waals surface area contributed by atoms with Gasteiger partial charge in [-0.2, -0.15) is 4.98 Å². The Kier molecular flexibility index (Phi) is 3.55. The molecule has 2 rings (SSSR count). The molecule has 0 aliphatic rings. The minimum absolute atomic E-state index is 0.260. The van der Waals surface area contributed by atoms with E-state index in [0.29, 0.717) is 11.6 Å². The number of hydrogen-bond acceptors (Lipinski definition) is 5. The van der Waals surface area contributed by atoms with Crippen LogP contribution in [0.2, 0.25) is 0 Å². The first-order valence-electron chi connectivity index (χ1n) is 5.93. The fraction of sp³-hybridized carbons (Fsp3) is 0.286. The zero-order valence-electron chi connectivity index (χ0n) is 11.5. The molecule has 100 valence electrons. The van der Waals surface area contributed by atoms with Crippen LogP contribution in [0.3, 0.4) is 0 Å². The lowest BCUT2D eigenvalue weighted by molar-refractivity contribution is 0.367. The molecule has 0 unspecified atom stereocenters. The van der Waals surface area contributed by atoms with Gasteiger partial charge in [0.15, 0.2) is 5.82 Å². The zero-order valence-corrected chi connectivity index (χ0v) is 11.5. The van der Waals surface area contributed by atoms with Crippen molar-refractivity contribution in [3.8, 4) is 17.4 Å². The Morgan fingerprint density at radius 1 is 1.00 bits per heavy atom. The van der Waals surface area contributed by atoms with Gasteiger partial charge in [0.2, 0.25) is 5.75 Å². The number of hydrogen-bond donors (Lipinski definition) is 1. The molecule has 0 spiro atoms. The van der Waals surface area contributed by atoms with Crippen LogP contribution in [-0.4, -0.2) is 17.1 Å². The Morgan fingerprint density at radius 3 is 2.37 bits per heavy atom. The second-order valence-corrected chi connectivity index (χ2v) is 4.35. The van der Waals surface area contributed by atoms with Crippen LogP contribution in [0.25, 0.3) is 0 Å². The summed E-state index contributed by atoms with van der Waals surface area (Å²) in [5.74, 6) is 1.71. The van der Waals surface area contributed by atoms with Crippen LogP contribution in [-0.2, 0) is 0 Å². The van der Waals surface area contributed by atoms with Gasteiger partial charge >= 0.3 is 0 Å². The van der Waals surface area contributed by atoms with Crippen molar-refractivity contribution in [2.24, 2.45) is 0 Å². The van der Waals surface area contributed by atoms with E-state index in [9.17, 15) is 0 Å². The van der Waals surface area contributed by atoms with Gasteiger partial charge in [0, 0.05) is 0 Å². The van der Waals surface area contributed by atoms with Crippen LogP contribution in [0.5, 0.6) is 17.4 Å². The SMILES string of the molecule is COc1c(N)ncnc1Oc1c(C)ccc(C)c1C. The lowest BCUT2D eigenvalue weighted by Crippen LogP contribution is -2.02. The maximum absolute atomic E-state index is 5.87. The van der Waals surface area contributed by atoms with Crippen molar-refractivity contribution in [3.05, 3.63) is 35.2 Å². The lowest BCUT2D eigenvalue weighted by Gasteiger charge is -2.15. The summed E-state index contributed by atoms with van der Waals surface area (Å²) in [5.41, 5.74) is 8.99. The van der Waals surface area contributed by atoms with Crippen molar-refractivity contribution >= 4 is 5.82 Å². The van der Waals surface area contributed by atoms with Gasteiger partial charge in [-0.05, 0) is 37.5 Å². The molecule has 5 heteroatoms. The van der Waals surface area contributed by atoms with E-state index >= 15 is 0 Å². The number of rotatable bonds is 3. The summed E-state index contributed by atoms with van der Waals surface area (Å²) in [4.78, 5) is 7.96. The van der Waals surface area contributed by atoms with Gasteiger partial charge < -0.3 is 15.2 Å². The van der Waals surface area contributed by atoms with Crippen molar-refractivity contribution in [2.45, 2.75) is 20.8 Å². The number of nitrogens with zero attached hydrogens (tertiary/aromatic N) is 2. The number of aromatic nitrogens is 2. The number of benzene rings is 1. The first-order valence-corrected chi connectivity index (χ1v) is 5.93. The summed E-state index contributed by atoms with van der Waals surface area (Å²) < 4.78 is 11.1. The third kappa shape index (κ3) is 2.45. The van der Waals surface area contributed by atoms with E-state index in [1.807, 2.05) is 26.8 Å². The minimum Gasteiger partial charge on any atom is -0.489 e. The van der Waals surface area contributed by atoms with Crippen molar-refractivity contribution in [2.75, 3.05) is 12.8 Å². The van der Waals surface area contributed by atoms with Crippen molar-refractivity contribution in [1.29, 1.82) is 0 Å². The van der Waals surface area contributed by atoms with Crippen molar-refractivity contribution in [3.63, 3.8) is 0 Å².